The van der Waals surface area contributed by atoms with Crippen LogP contribution < -0.4 is 11.1 Å². The predicted molar refractivity (Wildman–Crippen MR) is 66.6 cm³/mol. The van der Waals surface area contributed by atoms with E-state index in [-0.39, 0.29) is 11.9 Å². The summed E-state index contributed by atoms with van der Waals surface area (Å²) in [6.07, 6.45) is 1.69. The Morgan fingerprint density at radius 2 is 2.35 bits per heavy atom. The molecule has 0 spiro atoms. The Morgan fingerprint density at radius 3 is 2.94 bits per heavy atom. The molecule has 0 aliphatic carbocycles. The number of carbonyl (C=O) groups excluding carboxylic acids is 1. The van der Waals surface area contributed by atoms with Crippen LogP contribution in [0.3, 0.4) is 0 Å². The van der Waals surface area contributed by atoms with Gasteiger partial charge in [0.05, 0.1) is 11.7 Å². The number of nitrogens with two attached hydrogens (primary N) is 1. The molecule has 0 bridgehead atoms. The fourth-order valence-electron chi connectivity index (χ4n) is 1.37. The van der Waals surface area contributed by atoms with Crippen molar-refractivity contribution in [1.82, 2.24) is 15.3 Å². The van der Waals surface area contributed by atoms with Crippen LogP contribution in [-0.2, 0) is 0 Å². The van der Waals surface area contributed by atoms with Gasteiger partial charge in [-0.1, -0.05) is 6.07 Å². The summed E-state index contributed by atoms with van der Waals surface area (Å²) in [7, 11) is 0. The molecule has 0 saturated heterocycles. The van der Waals surface area contributed by atoms with Crippen LogP contribution in [0.2, 0.25) is 0 Å². The summed E-state index contributed by atoms with van der Waals surface area (Å²) in [4.78, 5) is 19.9. The molecule has 5 nitrogen and oxygen atoms in total. The van der Waals surface area contributed by atoms with Crippen LogP contribution in [0.15, 0.2) is 29.8 Å². The molecule has 2 rings (SSSR count). The minimum absolute atomic E-state index is 0.161. The van der Waals surface area contributed by atoms with Crippen molar-refractivity contribution in [3.63, 3.8) is 0 Å². The number of nitrogens with one attached hydrogen (secondary N) is 1. The lowest BCUT2D eigenvalue weighted by molar-refractivity contribution is 0.0935. The van der Waals surface area contributed by atoms with E-state index in [1.54, 1.807) is 11.6 Å². The third-order valence-electron chi connectivity index (χ3n) is 2.23. The zero-order chi connectivity index (χ0) is 12.3. The number of thiazole rings is 1. The van der Waals surface area contributed by atoms with Crippen molar-refractivity contribution < 1.29 is 4.79 Å². The highest BCUT2D eigenvalue weighted by molar-refractivity contribution is 7.13. The number of carbonyl (C=O) groups is 1. The molecule has 1 atom stereocenters. The predicted octanol–water partition coefficient (Wildman–Crippen LogP) is 1.61. The highest BCUT2D eigenvalue weighted by Crippen LogP contribution is 2.13. The Morgan fingerprint density at radius 1 is 1.53 bits per heavy atom. The summed E-state index contributed by atoms with van der Waals surface area (Å²) in [6, 6.07) is 5.41. The molecule has 0 fully saturated rings. The SMILES string of the molecule is C[C@@H](NC(=O)c1csc(N)n1)c1ccccn1. The van der Waals surface area contributed by atoms with Crippen LogP contribution >= 0.6 is 11.3 Å². The number of aromatic nitrogens is 2. The molecular formula is C11H12N4OS. The number of pyridine rings is 1. The average molecular weight is 248 g/mol. The van der Waals surface area contributed by atoms with Crippen LogP contribution in [0.4, 0.5) is 5.13 Å². The van der Waals surface area contributed by atoms with Gasteiger partial charge in [-0.05, 0) is 19.1 Å². The van der Waals surface area contributed by atoms with Gasteiger partial charge in [0.25, 0.3) is 5.91 Å². The lowest BCUT2D eigenvalue weighted by atomic mass is 10.2. The second-order valence-electron chi connectivity index (χ2n) is 3.52. The van der Waals surface area contributed by atoms with Gasteiger partial charge >= 0.3 is 0 Å². The molecule has 0 aromatic carbocycles. The number of rotatable bonds is 3. The van der Waals surface area contributed by atoms with Crippen molar-refractivity contribution in [3.8, 4) is 0 Å². The molecule has 2 aromatic rings. The van der Waals surface area contributed by atoms with Crippen molar-refractivity contribution in [3.05, 3.63) is 41.2 Å². The molecule has 2 heterocycles. The molecule has 17 heavy (non-hydrogen) atoms. The van der Waals surface area contributed by atoms with Crippen LogP contribution in [0.5, 0.6) is 0 Å². The highest BCUT2D eigenvalue weighted by atomic mass is 32.1. The number of anilines is 1. The largest absolute Gasteiger partial charge is 0.375 e. The Labute approximate surface area is 103 Å². The zero-order valence-electron chi connectivity index (χ0n) is 9.25. The quantitative estimate of drug-likeness (QED) is 0.864. The maximum Gasteiger partial charge on any atom is 0.271 e. The summed E-state index contributed by atoms with van der Waals surface area (Å²) < 4.78 is 0. The van der Waals surface area contributed by atoms with E-state index in [1.807, 2.05) is 25.1 Å². The van der Waals surface area contributed by atoms with Gasteiger partial charge in [0.15, 0.2) is 5.13 Å². The maximum atomic E-state index is 11.8. The van der Waals surface area contributed by atoms with Crippen molar-refractivity contribution in [2.24, 2.45) is 0 Å². The third kappa shape index (κ3) is 2.79. The minimum atomic E-state index is -0.240. The molecular weight excluding hydrogens is 236 g/mol. The fourth-order valence-corrected chi connectivity index (χ4v) is 1.91. The zero-order valence-corrected chi connectivity index (χ0v) is 10.1. The van der Waals surface area contributed by atoms with Crippen LogP contribution in [0.1, 0.15) is 29.1 Å². The second-order valence-corrected chi connectivity index (χ2v) is 4.41. The van der Waals surface area contributed by atoms with Gasteiger partial charge in [-0.25, -0.2) is 4.98 Å². The normalized spacial score (nSPS) is 12.1. The fraction of sp³-hybridized carbons (Fsp3) is 0.182. The third-order valence-corrected chi connectivity index (χ3v) is 2.91. The summed E-state index contributed by atoms with van der Waals surface area (Å²) in [5.41, 5.74) is 6.63. The summed E-state index contributed by atoms with van der Waals surface area (Å²) in [5.74, 6) is -0.240. The summed E-state index contributed by atoms with van der Waals surface area (Å²) >= 11 is 1.25. The van der Waals surface area contributed by atoms with E-state index in [2.05, 4.69) is 15.3 Å². The van der Waals surface area contributed by atoms with E-state index >= 15 is 0 Å². The number of hydrogen-bond donors (Lipinski definition) is 2. The molecule has 0 aliphatic rings. The van der Waals surface area contributed by atoms with E-state index in [4.69, 9.17) is 5.73 Å². The Kier molecular flexibility index (Phi) is 3.34. The van der Waals surface area contributed by atoms with Crippen molar-refractivity contribution in [1.29, 1.82) is 0 Å². The van der Waals surface area contributed by atoms with E-state index < -0.39 is 0 Å². The van der Waals surface area contributed by atoms with Gasteiger partial charge in [0, 0.05) is 11.6 Å². The van der Waals surface area contributed by atoms with Crippen LogP contribution in [0, 0.1) is 0 Å². The molecule has 0 radical (unpaired) electrons. The highest BCUT2D eigenvalue weighted by Gasteiger charge is 2.14. The minimum Gasteiger partial charge on any atom is -0.375 e. The van der Waals surface area contributed by atoms with Crippen LogP contribution in [-0.4, -0.2) is 15.9 Å². The molecule has 0 saturated carbocycles. The number of nitrogen functional groups attached to an aromatic ring is 1. The Bertz CT molecular complexity index is 511. The molecule has 1 amide bonds. The lowest BCUT2D eigenvalue weighted by Crippen LogP contribution is -2.27. The number of hydrogen-bond acceptors (Lipinski definition) is 5. The first kappa shape index (κ1) is 11.5. The van der Waals surface area contributed by atoms with Crippen molar-refractivity contribution in [2.75, 3.05) is 5.73 Å². The molecule has 2 aromatic heterocycles. The molecule has 6 heteroatoms. The maximum absolute atomic E-state index is 11.8. The first-order chi connectivity index (χ1) is 8.16. The summed E-state index contributed by atoms with van der Waals surface area (Å²) in [6.45, 7) is 1.87. The topological polar surface area (TPSA) is 80.9 Å². The Hall–Kier alpha value is -1.95. The monoisotopic (exact) mass is 248 g/mol. The van der Waals surface area contributed by atoms with Crippen LogP contribution in [0.25, 0.3) is 0 Å². The van der Waals surface area contributed by atoms with E-state index in [9.17, 15) is 4.79 Å². The van der Waals surface area contributed by atoms with Crippen molar-refractivity contribution in [2.45, 2.75) is 13.0 Å². The van der Waals surface area contributed by atoms with Gasteiger partial charge < -0.3 is 11.1 Å². The standard InChI is InChI=1S/C11H12N4OS/c1-7(8-4-2-3-5-13-8)14-10(16)9-6-17-11(12)15-9/h2-7H,1H3,(H2,12,15)(H,14,16)/t7-/m1/s1. The smallest absolute Gasteiger partial charge is 0.271 e. The van der Waals surface area contributed by atoms with Gasteiger partial charge in [0.2, 0.25) is 0 Å². The van der Waals surface area contributed by atoms with Gasteiger partial charge in [0.1, 0.15) is 5.69 Å². The molecule has 0 unspecified atom stereocenters. The molecule has 0 aliphatic heterocycles. The first-order valence-corrected chi connectivity index (χ1v) is 5.97. The second kappa shape index (κ2) is 4.92. The molecule has 88 valence electrons. The molecule has 3 N–H and O–H groups in total. The van der Waals surface area contributed by atoms with Gasteiger partial charge in [-0.15, -0.1) is 11.3 Å². The van der Waals surface area contributed by atoms with Crippen molar-refractivity contribution >= 4 is 22.4 Å². The van der Waals surface area contributed by atoms with E-state index in [0.29, 0.717) is 10.8 Å². The van der Waals surface area contributed by atoms with Gasteiger partial charge in [-0.2, -0.15) is 0 Å². The average Bonchev–Trinajstić information content (AvgIpc) is 2.77. The number of amides is 1. The van der Waals surface area contributed by atoms with Gasteiger partial charge in [-0.3, -0.25) is 9.78 Å². The Balaban J connectivity index is 2.04. The number of nitrogens with zero attached hydrogens (tertiary/aromatic N) is 2. The van der Waals surface area contributed by atoms with E-state index in [1.165, 1.54) is 11.3 Å². The van der Waals surface area contributed by atoms with E-state index in [0.717, 1.165) is 5.69 Å². The first-order valence-electron chi connectivity index (χ1n) is 5.09. The summed E-state index contributed by atoms with van der Waals surface area (Å²) in [5, 5.41) is 4.84. The lowest BCUT2D eigenvalue weighted by Gasteiger charge is -2.11.